The maximum Gasteiger partial charge on any atom is 0.573 e. The fourth-order valence-corrected chi connectivity index (χ4v) is 5.92. The third kappa shape index (κ3) is 9.11. The highest BCUT2D eigenvalue weighted by molar-refractivity contribution is 5.35. The summed E-state index contributed by atoms with van der Waals surface area (Å²) in [5.74, 6) is -4.28. The van der Waals surface area contributed by atoms with E-state index in [0.29, 0.717) is 17.8 Å². The molecule has 2 aliphatic carbocycles. The van der Waals surface area contributed by atoms with Crippen molar-refractivity contribution in [2.24, 2.45) is 29.6 Å². The maximum absolute atomic E-state index is 14.5. The summed E-state index contributed by atoms with van der Waals surface area (Å²) in [7, 11) is 0. The van der Waals surface area contributed by atoms with E-state index in [4.69, 9.17) is 9.47 Å². The van der Waals surface area contributed by atoms with E-state index in [0.717, 1.165) is 31.6 Å². The Bertz CT molecular complexity index is 1020. The lowest BCUT2D eigenvalue weighted by atomic mass is 9.71. The molecule has 2 atom stereocenters. The fourth-order valence-electron chi connectivity index (χ4n) is 5.92. The molecule has 0 N–H and O–H groups in total. The van der Waals surface area contributed by atoms with Gasteiger partial charge in [0.25, 0.3) is 6.29 Å². The quantitative estimate of drug-likeness (QED) is 0.200. The highest BCUT2D eigenvalue weighted by Gasteiger charge is 2.47. The minimum Gasteiger partial charge on any atom is -0.429 e. The van der Waals surface area contributed by atoms with Crippen molar-refractivity contribution in [3.63, 3.8) is 0 Å². The molecule has 2 unspecified atom stereocenters. The topological polar surface area (TPSA) is 36.9 Å². The molecule has 1 aliphatic heterocycles. The van der Waals surface area contributed by atoms with Crippen LogP contribution < -0.4 is 9.47 Å². The number of ether oxygens (including phenoxy) is 4. The fraction of sp³-hybridized carbons (Fsp3) is 0.667. The number of hydrogen-bond acceptors (Lipinski definition) is 4. The summed E-state index contributed by atoms with van der Waals surface area (Å²) in [6.07, 6.45) is 8.05. The summed E-state index contributed by atoms with van der Waals surface area (Å²) in [6, 6.07) is 0.325. The van der Waals surface area contributed by atoms with Gasteiger partial charge >= 0.3 is 12.5 Å². The molecule has 1 saturated carbocycles. The number of alkyl halides is 5. The molecular formula is C30H37F7O4. The van der Waals surface area contributed by atoms with Gasteiger partial charge in [-0.15, -0.1) is 13.2 Å². The van der Waals surface area contributed by atoms with Gasteiger partial charge in [-0.25, -0.2) is 8.78 Å². The SMILES string of the molecule is CCCCC1C=CC(C2CCC(/C=C/C3COC(C(F)(F)Oc4cc(F)c(OC(F)(F)F)c(F)c4)OC3)CC2)CC1. The Morgan fingerprint density at radius 1 is 0.829 bits per heavy atom. The van der Waals surface area contributed by atoms with Crippen LogP contribution in [0.1, 0.15) is 64.7 Å². The van der Waals surface area contributed by atoms with Gasteiger partial charge in [-0.3, -0.25) is 0 Å². The zero-order valence-corrected chi connectivity index (χ0v) is 23.0. The lowest BCUT2D eigenvalue weighted by molar-refractivity contribution is -0.349. The Balaban J connectivity index is 1.20. The van der Waals surface area contributed by atoms with Crippen molar-refractivity contribution < 1.29 is 49.7 Å². The third-order valence-corrected chi connectivity index (χ3v) is 8.15. The number of benzene rings is 1. The monoisotopic (exact) mass is 594 g/mol. The highest BCUT2D eigenvalue weighted by atomic mass is 19.4. The highest BCUT2D eigenvalue weighted by Crippen LogP contribution is 2.40. The van der Waals surface area contributed by atoms with Crippen molar-refractivity contribution in [1.29, 1.82) is 0 Å². The van der Waals surface area contributed by atoms with Gasteiger partial charge in [0.05, 0.1) is 13.2 Å². The number of hydrogen-bond donors (Lipinski definition) is 0. The lowest BCUT2D eigenvalue weighted by Crippen LogP contribution is -2.47. The van der Waals surface area contributed by atoms with Crippen LogP contribution in [0.3, 0.4) is 0 Å². The Morgan fingerprint density at radius 2 is 1.46 bits per heavy atom. The third-order valence-electron chi connectivity index (χ3n) is 8.15. The molecule has 0 aromatic heterocycles. The normalized spacial score (nSPS) is 29.6. The second kappa shape index (κ2) is 13.8. The van der Waals surface area contributed by atoms with Crippen molar-refractivity contribution in [3.8, 4) is 11.5 Å². The van der Waals surface area contributed by atoms with Gasteiger partial charge in [0.2, 0.25) is 5.75 Å². The largest absolute Gasteiger partial charge is 0.573 e. The molecule has 41 heavy (non-hydrogen) atoms. The van der Waals surface area contributed by atoms with E-state index in [1.807, 2.05) is 6.08 Å². The molecule has 11 heteroatoms. The summed E-state index contributed by atoms with van der Waals surface area (Å²) >= 11 is 0. The predicted octanol–water partition coefficient (Wildman–Crippen LogP) is 8.96. The minimum absolute atomic E-state index is 0.0807. The summed E-state index contributed by atoms with van der Waals surface area (Å²) in [4.78, 5) is 0. The van der Waals surface area contributed by atoms with Crippen molar-refractivity contribution in [3.05, 3.63) is 48.1 Å². The van der Waals surface area contributed by atoms with E-state index in [-0.39, 0.29) is 31.3 Å². The average Bonchev–Trinajstić information content (AvgIpc) is 2.93. The number of allylic oxidation sites excluding steroid dienone is 3. The van der Waals surface area contributed by atoms with Gasteiger partial charge in [0, 0.05) is 18.1 Å². The van der Waals surface area contributed by atoms with Gasteiger partial charge in [-0.05, 0) is 68.6 Å². The molecule has 4 rings (SSSR count). The smallest absolute Gasteiger partial charge is 0.429 e. The van der Waals surface area contributed by atoms with Crippen LogP contribution in [-0.4, -0.2) is 32.0 Å². The Morgan fingerprint density at radius 3 is 2.02 bits per heavy atom. The average molecular weight is 595 g/mol. The molecule has 0 bridgehead atoms. The first-order valence-electron chi connectivity index (χ1n) is 14.3. The molecule has 230 valence electrons. The Kier molecular flexibility index (Phi) is 10.7. The molecule has 2 fully saturated rings. The molecule has 1 saturated heterocycles. The molecule has 0 amide bonds. The maximum atomic E-state index is 14.5. The molecule has 1 heterocycles. The number of rotatable bonds is 10. The summed E-state index contributed by atoms with van der Waals surface area (Å²) in [6.45, 7) is 2.07. The van der Waals surface area contributed by atoms with Gasteiger partial charge in [0.15, 0.2) is 11.6 Å². The number of halogens is 7. The van der Waals surface area contributed by atoms with E-state index in [2.05, 4.69) is 34.6 Å². The predicted molar refractivity (Wildman–Crippen MR) is 137 cm³/mol. The second-order valence-electron chi connectivity index (χ2n) is 11.3. The number of unbranched alkanes of at least 4 members (excludes halogenated alkanes) is 1. The summed E-state index contributed by atoms with van der Waals surface area (Å²) in [5.41, 5.74) is 0. The van der Waals surface area contributed by atoms with Gasteiger partial charge in [-0.1, -0.05) is 44.1 Å². The first-order chi connectivity index (χ1) is 19.4. The van der Waals surface area contributed by atoms with Crippen LogP contribution in [0.5, 0.6) is 11.5 Å². The minimum atomic E-state index is -5.37. The standard InChI is InChI=1S/C30H37F7O4/c1-2-3-4-19-7-11-22(12-8-19)23-13-9-20(10-14-23)5-6-21-17-38-28(39-18-21)29(33,34)40-24-15-25(31)27(26(32)16-24)41-30(35,36)37/h5-7,11,15-16,19-23,28H,2-4,8-10,12-14,17-18H2,1H3/b6-5+. The zero-order chi connectivity index (χ0) is 29.6. The van der Waals surface area contributed by atoms with Crippen molar-refractivity contribution in [1.82, 2.24) is 0 Å². The summed E-state index contributed by atoms with van der Waals surface area (Å²) in [5, 5.41) is 0. The van der Waals surface area contributed by atoms with E-state index in [1.165, 1.54) is 32.1 Å². The van der Waals surface area contributed by atoms with Gasteiger partial charge in [0.1, 0.15) is 5.75 Å². The van der Waals surface area contributed by atoms with Crippen LogP contribution >= 0.6 is 0 Å². The van der Waals surface area contributed by atoms with E-state index >= 15 is 0 Å². The molecule has 1 aromatic carbocycles. The molecule has 4 nitrogen and oxygen atoms in total. The second-order valence-corrected chi connectivity index (χ2v) is 11.3. The molecule has 1 aromatic rings. The first-order valence-corrected chi connectivity index (χ1v) is 14.3. The lowest BCUT2D eigenvalue weighted by Gasteiger charge is -2.35. The summed E-state index contributed by atoms with van der Waals surface area (Å²) < 4.78 is 112. The van der Waals surface area contributed by atoms with E-state index in [1.54, 1.807) is 0 Å². The van der Waals surface area contributed by atoms with Crippen LogP contribution in [0.25, 0.3) is 0 Å². The Labute approximate surface area is 235 Å². The molecule has 0 spiro atoms. The van der Waals surface area contributed by atoms with Crippen LogP contribution in [0.4, 0.5) is 30.7 Å². The van der Waals surface area contributed by atoms with Crippen LogP contribution in [0.15, 0.2) is 36.4 Å². The molecule has 0 radical (unpaired) electrons. The van der Waals surface area contributed by atoms with Crippen molar-refractivity contribution in [2.75, 3.05) is 13.2 Å². The zero-order valence-electron chi connectivity index (χ0n) is 23.0. The van der Waals surface area contributed by atoms with Crippen LogP contribution in [0.2, 0.25) is 0 Å². The van der Waals surface area contributed by atoms with Crippen molar-refractivity contribution >= 4 is 0 Å². The Hall–Kier alpha value is -2.27. The molecule has 3 aliphatic rings. The van der Waals surface area contributed by atoms with E-state index < -0.39 is 41.9 Å². The first kappa shape index (κ1) is 31.7. The van der Waals surface area contributed by atoms with Crippen LogP contribution in [-0.2, 0) is 9.47 Å². The van der Waals surface area contributed by atoms with Crippen LogP contribution in [0, 0.1) is 41.2 Å². The molecular weight excluding hydrogens is 557 g/mol. The van der Waals surface area contributed by atoms with Crippen molar-refractivity contribution in [2.45, 2.75) is 83.5 Å². The van der Waals surface area contributed by atoms with E-state index in [9.17, 15) is 30.7 Å². The van der Waals surface area contributed by atoms with Gasteiger partial charge in [-0.2, -0.15) is 8.78 Å². The van der Waals surface area contributed by atoms with Gasteiger partial charge < -0.3 is 18.9 Å².